The van der Waals surface area contributed by atoms with Gasteiger partial charge in [0.05, 0.1) is 11.0 Å². The lowest BCUT2D eigenvalue weighted by molar-refractivity contribution is -0.137. The summed E-state index contributed by atoms with van der Waals surface area (Å²) in [5, 5.41) is 8.73. The van der Waals surface area contributed by atoms with Crippen molar-refractivity contribution in [1.82, 2.24) is 9.55 Å². The average Bonchev–Trinajstić information content (AvgIpc) is 2.63. The standard InChI is InChI=1S/C16H22N2O2/c1-11-17-13-10-12(16(2,3)4)7-8-14(13)18(11)9-5-6-15(19)20/h7-8,10H,5-6,9H2,1-4H3,(H,19,20). The Morgan fingerprint density at radius 1 is 1.35 bits per heavy atom. The lowest BCUT2D eigenvalue weighted by Gasteiger charge is -2.18. The molecule has 0 aliphatic heterocycles. The van der Waals surface area contributed by atoms with Gasteiger partial charge in [0.1, 0.15) is 5.82 Å². The molecule has 0 spiro atoms. The second-order valence-electron chi connectivity index (χ2n) is 6.26. The zero-order chi connectivity index (χ0) is 14.9. The fraction of sp³-hybridized carbons (Fsp3) is 0.500. The minimum absolute atomic E-state index is 0.106. The van der Waals surface area contributed by atoms with E-state index in [4.69, 9.17) is 5.11 Å². The number of benzene rings is 1. The second-order valence-corrected chi connectivity index (χ2v) is 6.26. The largest absolute Gasteiger partial charge is 0.481 e. The molecule has 1 heterocycles. The van der Waals surface area contributed by atoms with Crippen LogP contribution < -0.4 is 0 Å². The van der Waals surface area contributed by atoms with E-state index in [0.29, 0.717) is 13.0 Å². The smallest absolute Gasteiger partial charge is 0.303 e. The van der Waals surface area contributed by atoms with Crippen molar-refractivity contribution in [2.24, 2.45) is 0 Å². The van der Waals surface area contributed by atoms with Crippen LogP contribution in [0.15, 0.2) is 18.2 Å². The molecule has 0 aliphatic carbocycles. The number of aryl methyl sites for hydroxylation is 2. The first-order valence-corrected chi connectivity index (χ1v) is 6.98. The van der Waals surface area contributed by atoms with Crippen molar-refractivity contribution < 1.29 is 9.90 Å². The average molecular weight is 274 g/mol. The minimum atomic E-state index is -0.748. The first kappa shape index (κ1) is 14.6. The molecule has 0 bridgehead atoms. The number of carboxylic acids is 1. The highest BCUT2D eigenvalue weighted by Gasteiger charge is 2.16. The molecule has 1 aromatic heterocycles. The molecule has 0 unspecified atom stereocenters. The third-order valence-electron chi connectivity index (χ3n) is 3.58. The van der Waals surface area contributed by atoms with Gasteiger partial charge in [0.25, 0.3) is 0 Å². The van der Waals surface area contributed by atoms with Crippen molar-refractivity contribution in [2.75, 3.05) is 0 Å². The van der Waals surface area contributed by atoms with Crippen LogP contribution in [-0.2, 0) is 16.8 Å². The summed E-state index contributed by atoms with van der Waals surface area (Å²) < 4.78 is 2.10. The second kappa shape index (κ2) is 5.27. The number of aromatic nitrogens is 2. The number of carboxylic acid groups (broad SMARTS) is 1. The van der Waals surface area contributed by atoms with E-state index in [9.17, 15) is 4.79 Å². The Hall–Kier alpha value is -1.84. The number of nitrogens with zero attached hydrogens (tertiary/aromatic N) is 2. The van der Waals surface area contributed by atoms with Crippen LogP contribution in [0.1, 0.15) is 45.0 Å². The van der Waals surface area contributed by atoms with Crippen molar-refractivity contribution in [3.63, 3.8) is 0 Å². The SMILES string of the molecule is Cc1nc2cc(C(C)(C)C)ccc2n1CCCC(=O)O. The van der Waals surface area contributed by atoms with E-state index < -0.39 is 5.97 Å². The Morgan fingerprint density at radius 2 is 2.05 bits per heavy atom. The van der Waals surface area contributed by atoms with Crippen molar-refractivity contribution in [1.29, 1.82) is 0 Å². The van der Waals surface area contributed by atoms with E-state index in [1.807, 2.05) is 6.92 Å². The lowest BCUT2D eigenvalue weighted by atomic mass is 9.87. The number of aliphatic carboxylic acids is 1. The van der Waals surface area contributed by atoms with Crippen LogP contribution in [0.3, 0.4) is 0 Å². The molecular formula is C16H22N2O2. The van der Waals surface area contributed by atoms with E-state index in [2.05, 4.69) is 48.5 Å². The van der Waals surface area contributed by atoms with E-state index in [0.717, 1.165) is 16.9 Å². The Bertz CT molecular complexity index is 636. The number of hydrogen-bond donors (Lipinski definition) is 1. The van der Waals surface area contributed by atoms with Crippen LogP contribution in [0.2, 0.25) is 0 Å². The Kier molecular flexibility index (Phi) is 3.84. The molecular weight excluding hydrogens is 252 g/mol. The number of fused-ring (bicyclic) bond motifs is 1. The van der Waals surface area contributed by atoms with Crippen molar-refractivity contribution >= 4 is 17.0 Å². The maximum absolute atomic E-state index is 10.6. The van der Waals surface area contributed by atoms with Gasteiger partial charge < -0.3 is 9.67 Å². The van der Waals surface area contributed by atoms with Gasteiger partial charge in [-0.3, -0.25) is 4.79 Å². The van der Waals surface area contributed by atoms with Gasteiger partial charge in [-0.25, -0.2) is 4.98 Å². The zero-order valence-electron chi connectivity index (χ0n) is 12.6. The van der Waals surface area contributed by atoms with Gasteiger partial charge in [-0.15, -0.1) is 0 Å². The fourth-order valence-corrected chi connectivity index (χ4v) is 2.39. The van der Waals surface area contributed by atoms with Gasteiger partial charge in [0.15, 0.2) is 0 Å². The summed E-state index contributed by atoms with van der Waals surface area (Å²) in [6, 6.07) is 6.36. The monoisotopic (exact) mass is 274 g/mol. The lowest BCUT2D eigenvalue weighted by Crippen LogP contribution is -2.10. The van der Waals surface area contributed by atoms with Crippen LogP contribution in [0.5, 0.6) is 0 Å². The molecule has 4 heteroatoms. The van der Waals surface area contributed by atoms with E-state index >= 15 is 0 Å². The molecule has 108 valence electrons. The summed E-state index contributed by atoms with van der Waals surface area (Å²) in [5.41, 5.74) is 3.45. The van der Waals surface area contributed by atoms with Crippen LogP contribution in [0.4, 0.5) is 0 Å². The fourth-order valence-electron chi connectivity index (χ4n) is 2.39. The molecule has 1 N–H and O–H groups in total. The molecule has 0 aliphatic rings. The van der Waals surface area contributed by atoms with Gasteiger partial charge in [-0.05, 0) is 36.5 Å². The molecule has 0 saturated carbocycles. The van der Waals surface area contributed by atoms with Gasteiger partial charge in [0, 0.05) is 13.0 Å². The summed E-state index contributed by atoms with van der Waals surface area (Å²) >= 11 is 0. The molecule has 0 amide bonds. The van der Waals surface area contributed by atoms with Crippen molar-refractivity contribution in [3.8, 4) is 0 Å². The predicted molar refractivity (Wildman–Crippen MR) is 80.0 cm³/mol. The Morgan fingerprint density at radius 3 is 2.65 bits per heavy atom. The maximum Gasteiger partial charge on any atom is 0.303 e. The number of rotatable bonds is 4. The molecule has 20 heavy (non-hydrogen) atoms. The zero-order valence-corrected chi connectivity index (χ0v) is 12.6. The number of carbonyl (C=O) groups is 1. The number of hydrogen-bond acceptors (Lipinski definition) is 2. The summed E-state index contributed by atoms with van der Waals surface area (Å²) in [6.45, 7) is 9.22. The maximum atomic E-state index is 10.6. The third-order valence-corrected chi connectivity index (χ3v) is 3.58. The number of imidazole rings is 1. The minimum Gasteiger partial charge on any atom is -0.481 e. The highest BCUT2D eigenvalue weighted by Crippen LogP contribution is 2.26. The summed E-state index contributed by atoms with van der Waals surface area (Å²) in [7, 11) is 0. The molecule has 4 nitrogen and oxygen atoms in total. The van der Waals surface area contributed by atoms with E-state index in [1.165, 1.54) is 5.56 Å². The van der Waals surface area contributed by atoms with Gasteiger partial charge in [-0.2, -0.15) is 0 Å². The van der Waals surface area contributed by atoms with Crippen LogP contribution >= 0.6 is 0 Å². The molecule has 0 radical (unpaired) electrons. The Balaban J connectivity index is 2.32. The molecule has 0 atom stereocenters. The van der Waals surface area contributed by atoms with E-state index in [-0.39, 0.29) is 11.8 Å². The Labute approximate surface area is 119 Å². The van der Waals surface area contributed by atoms with Gasteiger partial charge in [-0.1, -0.05) is 26.8 Å². The summed E-state index contributed by atoms with van der Waals surface area (Å²) in [4.78, 5) is 15.2. The van der Waals surface area contributed by atoms with Gasteiger partial charge in [0.2, 0.25) is 0 Å². The van der Waals surface area contributed by atoms with Crippen LogP contribution in [0.25, 0.3) is 11.0 Å². The van der Waals surface area contributed by atoms with Crippen LogP contribution in [-0.4, -0.2) is 20.6 Å². The van der Waals surface area contributed by atoms with Gasteiger partial charge >= 0.3 is 5.97 Å². The molecule has 2 rings (SSSR count). The predicted octanol–water partition coefficient (Wildman–Crippen LogP) is 3.51. The van der Waals surface area contributed by atoms with E-state index in [1.54, 1.807) is 0 Å². The summed E-state index contributed by atoms with van der Waals surface area (Å²) in [6.07, 6.45) is 0.821. The van der Waals surface area contributed by atoms with Crippen LogP contribution in [0, 0.1) is 6.92 Å². The highest BCUT2D eigenvalue weighted by molar-refractivity contribution is 5.77. The summed E-state index contributed by atoms with van der Waals surface area (Å²) in [5.74, 6) is 0.193. The first-order chi connectivity index (χ1) is 9.29. The molecule has 0 fully saturated rings. The van der Waals surface area contributed by atoms with Crippen molar-refractivity contribution in [2.45, 2.75) is 52.5 Å². The molecule has 1 aromatic carbocycles. The van der Waals surface area contributed by atoms with Crippen molar-refractivity contribution in [3.05, 3.63) is 29.6 Å². The molecule has 2 aromatic rings. The topological polar surface area (TPSA) is 55.1 Å². The third kappa shape index (κ3) is 3.00. The highest BCUT2D eigenvalue weighted by atomic mass is 16.4. The normalized spacial score (nSPS) is 12.0. The molecule has 0 saturated heterocycles. The quantitative estimate of drug-likeness (QED) is 0.928. The first-order valence-electron chi connectivity index (χ1n) is 6.98.